The molecule has 0 aliphatic rings. The Labute approximate surface area is 47.7 Å². The summed E-state index contributed by atoms with van der Waals surface area (Å²) in [5.41, 5.74) is 0. The van der Waals surface area contributed by atoms with Gasteiger partial charge in [0.15, 0.2) is 0 Å². The van der Waals surface area contributed by atoms with E-state index >= 15 is 0 Å². The van der Waals surface area contributed by atoms with E-state index in [0.717, 1.165) is 0 Å². The predicted molar refractivity (Wildman–Crippen MR) is 6.44 cm³/mol. The summed E-state index contributed by atoms with van der Waals surface area (Å²) < 4.78 is 25.8. The fourth-order valence-corrected chi connectivity index (χ4v) is 0. The molecule has 5 heavy (non-hydrogen) atoms. The summed E-state index contributed by atoms with van der Waals surface area (Å²) in [6.45, 7) is 0. The summed E-state index contributed by atoms with van der Waals surface area (Å²) in [4.78, 5) is 0. The van der Waals surface area contributed by atoms with Gasteiger partial charge < -0.3 is 0 Å². The van der Waals surface area contributed by atoms with Crippen LogP contribution >= 0.6 is 0 Å². The number of hydrogen-bond acceptors (Lipinski definition) is 3. The molecule has 3 nitrogen and oxygen atoms in total. The SMILES string of the molecule is [Mn+2].[O]=[Sn]([O-])[O-]. The molecule has 0 aliphatic carbocycles. The van der Waals surface area contributed by atoms with Crippen LogP contribution in [0.1, 0.15) is 0 Å². The van der Waals surface area contributed by atoms with E-state index in [1.54, 1.807) is 0 Å². The molecule has 0 saturated carbocycles. The zero-order valence-corrected chi connectivity index (χ0v) is 6.14. The Morgan fingerprint density at radius 3 is 1.40 bits per heavy atom. The van der Waals surface area contributed by atoms with Crippen molar-refractivity contribution in [2.45, 2.75) is 0 Å². The topological polar surface area (TPSA) is 63.2 Å². The van der Waals surface area contributed by atoms with Gasteiger partial charge in [0.05, 0.1) is 0 Å². The Hall–Kier alpha value is 1.04. The molecule has 0 saturated heterocycles. The van der Waals surface area contributed by atoms with Crippen LogP contribution in [0.4, 0.5) is 0 Å². The van der Waals surface area contributed by atoms with Crippen LogP contribution in [0, 0.1) is 0 Å². The van der Waals surface area contributed by atoms with E-state index in [2.05, 4.69) is 0 Å². The molecule has 5 heteroatoms. The first-order valence-corrected chi connectivity index (χ1v) is 4.11. The molecule has 1 radical (unpaired) electrons. The number of rotatable bonds is 0. The minimum absolute atomic E-state index is 0. The van der Waals surface area contributed by atoms with Crippen molar-refractivity contribution >= 4 is 20.6 Å². The quantitative estimate of drug-likeness (QED) is 0.413. The monoisotopic (exact) mass is 223 g/mol. The van der Waals surface area contributed by atoms with Gasteiger partial charge in [-0.25, -0.2) is 0 Å². The second-order valence-electron chi connectivity index (χ2n) is 0.250. The summed E-state index contributed by atoms with van der Waals surface area (Å²) in [5, 5.41) is 0. The van der Waals surface area contributed by atoms with E-state index < -0.39 is 20.6 Å². The first-order chi connectivity index (χ1) is 1.73. The van der Waals surface area contributed by atoms with Crippen molar-refractivity contribution < 1.29 is 27.0 Å². The zero-order chi connectivity index (χ0) is 3.58. The maximum atomic E-state index is 8.61. The van der Waals surface area contributed by atoms with Crippen molar-refractivity contribution in [3.05, 3.63) is 0 Å². The Morgan fingerprint density at radius 1 is 1.40 bits per heavy atom. The van der Waals surface area contributed by atoms with Crippen molar-refractivity contribution in [3.63, 3.8) is 0 Å². The average molecular weight is 222 g/mol. The third-order valence-electron chi connectivity index (χ3n) is 0. The summed E-state index contributed by atoms with van der Waals surface area (Å²) in [6.07, 6.45) is 0. The van der Waals surface area contributed by atoms with E-state index in [4.69, 9.17) is 9.96 Å². The van der Waals surface area contributed by atoms with Gasteiger partial charge in [-0.15, -0.1) is 0 Å². The first-order valence-electron chi connectivity index (χ1n) is 0.612. The van der Waals surface area contributed by atoms with Crippen molar-refractivity contribution in [2.75, 3.05) is 0 Å². The normalized spacial score (nSPS) is 5.20. The molecular weight excluding hydrogens is 222 g/mol. The van der Waals surface area contributed by atoms with E-state index in [-0.39, 0.29) is 17.1 Å². The van der Waals surface area contributed by atoms with Gasteiger partial charge in [-0.2, -0.15) is 0 Å². The van der Waals surface area contributed by atoms with E-state index in [9.17, 15) is 0 Å². The van der Waals surface area contributed by atoms with E-state index in [1.807, 2.05) is 0 Å². The van der Waals surface area contributed by atoms with Crippen LogP contribution in [0.2, 0.25) is 0 Å². The van der Waals surface area contributed by atoms with Gasteiger partial charge in [-0.3, -0.25) is 0 Å². The third kappa shape index (κ3) is 43.1. The molecule has 0 fully saturated rings. The summed E-state index contributed by atoms with van der Waals surface area (Å²) >= 11 is -4.29. The molecule has 0 aromatic rings. The molecule has 29 valence electrons. The molecule has 0 rings (SSSR count). The van der Waals surface area contributed by atoms with Crippen LogP contribution in [0.15, 0.2) is 0 Å². The minimum atomic E-state index is -4.29. The summed E-state index contributed by atoms with van der Waals surface area (Å²) in [7, 11) is 0. The molecule has 0 N–H and O–H groups in total. The number of hydrogen-bond donors (Lipinski definition) is 0. The van der Waals surface area contributed by atoms with Crippen LogP contribution in [0.3, 0.4) is 0 Å². The predicted octanol–water partition coefficient (Wildman–Crippen LogP) is -2.88. The van der Waals surface area contributed by atoms with Crippen molar-refractivity contribution in [1.82, 2.24) is 0 Å². The molecule has 0 amide bonds. The van der Waals surface area contributed by atoms with Gasteiger partial charge in [0, 0.05) is 0 Å². The van der Waals surface area contributed by atoms with Crippen LogP contribution in [-0.4, -0.2) is 20.6 Å². The summed E-state index contributed by atoms with van der Waals surface area (Å²) in [5.74, 6) is 0. The van der Waals surface area contributed by atoms with Crippen molar-refractivity contribution in [1.29, 1.82) is 0 Å². The van der Waals surface area contributed by atoms with Crippen molar-refractivity contribution in [2.24, 2.45) is 0 Å². The van der Waals surface area contributed by atoms with Crippen LogP contribution in [0.5, 0.6) is 0 Å². The van der Waals surface area contributed by atoms with Gasteiger partial charge >= 0.3 is 47.6 Å². The average Bonchev–Trinajstić information content (AvgIpc) is 0.811. The maximum absolute atomic E-state index is 8.61. The van der Waals surface area contributed by atoms with E-state index in [0.29, 0.717) is 0 Å². The second kappa shape index (κ2) is 5.04. The van der Waals surface area contributed by atoms with E-state index in [1.165, 1.54) is 0 Å². The molecule has 0 unspecified atom stereocenters. The van der Waals surface area contributed by atoms with Gasteiger partial charge in [0.1, 0.15) is 0 Å². The zero-order valence-electron chi connectivity index (χ0n) is 2.10. The molecule has 0 spiro atoms. The van der Waals surface area contributed by atoms with Gasteiger partial charge in [0.2, 0.25) is 0 Å². The van der Waals surface area contributed by atoms with Gasteiger partial charge in [0.25, 0.3) is 0 Å². The Balaban J connectivity index is 0. The fraction of sp³-hybridized carbons (Fsp3) is 0. The first kappa shape index (κ1) is 9.40. The molecule has 0 heterocycles. The third-order valence-corrected chi connectivity index (χ3v) is 0. The van der Waals surface area contributed by atoms with Crippen molar-refractivity contribution in [3.8, 4) is 0 Å². The van der Waals surface area contributed by atoms with Crippen LogP contribution < -0.4 is 6.89 Å². The van der Waals surface area contributed by atoms with Gasteiger partial charge in [-0.05, 0) is 0 Å². The summed E-state index contributed by atoms with van der Waals surface area (Å²) in [6, 6.07) is 0. The van der Waals surface area contributed by atoms with Gasteiger partial charge in [-0.1, -0.05) is 0 Å². The van der Waals surface area contributed by atoms with Crippen LogP contribution in [0.25, 0.3) is 0 Å². The Kier molecular flexibility index (Phi) is 9.47. The molecular formula is MnO3Sn. The Morgan fingerprint density at radius 2 is 1.40 bits per heavy atom. The Bertz CT molecular complexity index is 29.9. The molecule has 0 aliphatic heterocycles. The molecule has 0 bridgehead atoms. The second-order valence-corrected chi connectivity index (χ2v) is 1.68. The molecule has 0 aromatic carbocycles. The fourth-order valence-electron chi connectivity index (χ4n) is 0. The standard InChI is InChI=1S/Mn.3O.Sn/q+2;;2*-1;. The van der Waals surface area contributed by atoms with Crippen LogP contribution in [-0.2, 0) is 20.1 Å². The molecule has 0 atom stereocenters. The molecule has 0 aromatic heterocycles.